The molecule has 0 bridgehead atoms. The zero-order chi connectivity index (χ0) is 21.2. The summed E-state index contributed by atoms with van der Waals surface area (Å²) in [6.45, 7) is 3.75. The first kappa shape index (κ1) is 19.2. The molecule has 0 saturated carbocycles. The molecule has 0 unspecified atom stereocenters. The number of aryl methyl sites for hydroxylation is 1. The second kappa shape index (κ2) is 8.19. The average Bonchev–Trinajstić information content (AvgIpc) is 3.34. The van der Waals surface area contributed by atoms with Gasteiger partial charge in [0.25, 0.3) is 5.91 Å². The average molecular weight is 409 g/mol. The molecule has 31 heavy (non-hydrogen) atoms. The number of hydrogen-bond acceptors (Lipinski definition) is 4. The molecule has 154 valence electrons. The van der Waals surface area contributed by atoms with Gasteiger partial charge in [-0.2, -0.15) is 0 Å². The minimum absolute atomic E-state index is 0.0843. The minimum Gasteiger partial charge on any atom is -0.339 e. The number of carbonyl (C=O) groups excluding carboxylic acids is 1. The van der Waals surface area contributed by atoms with Crippen LogP contribution >= 0.6 is 0 Å². The van der Waals surface area contributed by atoms with Gasteiger partial charge < -0.3 is 10.2 Å². The van der Waals surface area contributed by atoms with Crippen LogP contribution in [0.15, 0.2) is 72.8 Å². The molecule has 2 heterocycles. The molecule has 1 aliphatic rings. The maximum Gasteiger partial charge on any atom is 0.253 e. The number of benzene rings is 3. The van der Waals surface area contributed by atoms with E-state index in [1.165, 1.54) is 5.56 Å². The summed E-state index contributed by atoms with van der Waals surface area (Å²) in [4.78, 5) is 24.3. The number of carbonyl (C=O) groups is 1. The van der Waals surface area contributed by atoms with Crippen molar-refractivity contribution in [3.63, 3.8) is 0 Å². The number of hydrogen-bond donors (Lipinski definition) is 1. The Hall–Kier alpha value is -3.73. The van der Waals surface area contributed by atoms with Crippen molar-refractivity contribution < 1.29 is 4.79 Å². The first-order valence-electron chi connectivity index (χ1n) is 10.7. The van der Waals surface area contributed by atoms with Gasteiger partial charge in [0.2, 0.25) is 5.95 Å². The number of nitrogens with zero attached hydrogens (tertiary/aromatic N) is 3. The van der Waals surface area contributed by atoms with Crippen LogP contribution in [0, 0.1) is 6.92 Å². The van der Waals surface area contributed by atoms with Gasteiger partial charge in [-0.25, -0.2) is 9.97 Å². The van der Waals surface area contributed by atoms with E-state index in [0.29, 0.717) is 11.5 Å². The van der Waals surface area contributed by atoms with Gasteiger partial charge in [0.05, 0.1) is 11.2 Å². The lowest BCUT2D eigenvalue weighted by Gasteiger charge is -2.16. The third-order valence-electron chi connectivity index (χ3n) is 5.66. The number of aromatic nitrogens is 2. The lowest BCUT2D eigenvalue weighted by molar-refractivity contribution is 0.0793. The summed E-state index contributed by atoms with van der Waals surface area (Å²) in [5.74, 6) is 0.599. The van der Waals surface area contributed by atoms with Gasteiger partial charge >= 0.3 is 0 Å². The summed E-state index contributed by atoms with van der Waals surface area (Å²) >= 11 is 0. The van der Waals surface area contributed by atoms with Crippen molar-refractivity contribution in [1.29, 1.82) is 0 Å². The Balaban J connectivity index is 1.52. The highest BCUT2D eigenvalue weighted by Crippen LogP contribution is 2.29. The van der Waals surface area contributed by atoms with Crippen molar-refractivity contribution in [1.82, 2.24) is 14.9 Å². The molecule has 0 aliphatic carbocycles. The molecule has 0 atom stereocenters. The van der Waals surface area contributed by atoms with Crippen LogP contribution in [0.1, 0.15) is 28.8 Å². The van der Waals surface area contributed by atoms with Crippen LogP contribution in [0.4, 0.5) is 11.6 Å². The molecule has 3 aromatic carbocycles. The lowest BCUT2D eigenvalue weighted by atomic mass is 10.0. The number of amides is 1. The first-order chi connectivity index (χ1) is 15.2. The van der Waals surface area contributed by atoms with Gasteiger partial charge in [0.15, 0.2) is 0 Å². The summed E-state index contributed by atoms with van der Waals surface area (Å²) in [5, 5.41) is 4.34. The number of anilines is 2. The number of rotatable bonds is 4. The van der Waals surface area contributed by atoms with Gasteiger partial charge in [-0.1, -0.05) is 48.0 Å². The summed E-state index contributed by atoms with van der Waals surface area (Å²) in [6, 6.07) is 23.9. The largest absolute Gasteiger partial charge is 0.339 e. The summed E-state index contributed by atoms with van der Waals surface area (Å²) < 4.78 is 0. The van der Waals surface area contributed by atoms with Crippen molar-refractivity contribution in [2.75, 3.05) is 18.4 Å². The highest BCUT2D eigenvalue weighted by Gasteiger charge is 2.19. The highest BCUT2D eigenvalue weighted by molar-refractivity contribution is 5.96. The zero-order valence-corrected chi connectivity index (χ0v) is 17.5. The van der Waals surface area contributed by atoms with Gasteiger partial charge in [-0.3, -0.25) is 4.79 Å². The van der Waals surface area contributed by atoms with E-state index < -0.39 is 0 Å². The third-order valence-corrected chi connectivity index (χ3v) is 5.66. The molecule has 1 N–H and O–H groups in total. The maximum absolute atomic E-state index is 12.8. The second-order valence-corrected chi connectivity index (χ2v) is 7.99. The van der Waals surface area contributed by atoms with Crippen LogP contribution in [-0.2, 0) is 0 Å². The molecule has 5 heteroatoms. The van der Waals surface area contributed by atoms with Gasteiger partial charge in [0.1, 0.15) is 0 Å². The Bertz CT molecular complexity index is 1250. The molecule has 1 aliphatic heterocycles. The number of likely N-dealkylation sites (tertiary alicyclic amines) is 1. The Morgan fingerprint density at radius 2 is 1.71 bits per heavy atom. The summed E-state index contributed by atoms with van der Waals surface area (Å²) in [7, 11) is 0. The van der Waals surface area contributed by atoms with E-state index in [-0.39, 0.29) is 5.91 Å². The lowest BCUT2D eigenvalue weighted by Crippen LogP contribution is -2.27. The minimum atomic E-state index is 0.0843. The molecule has 4 aromatic rings. The van der Waals surface area contributed by atoms with E-state index in [4.69, 9.17) is 9.97 Å². The fraction of sp³-hybridized carbons (Fsp3) is 0.192. The van der Waals surface area contributed by atoms with Crippen LogP contribution in [0.2, 0.25) is 0 Å². The molecule has 1 amide bonds. The SMILES string of the molecule is Cc1ccc2nc(Nc3cccc(C(=O)N4CCCC4)c3)nc(-c3ccccc3)c2c1. The fourth-order valence-electron chi connectivity index (χ4n) is 4.08. The Morgan fingerprint density at radius 3 is 2.52 bits per heavy atom. The fourth-order valence-corrected chi connectivity index (χ4v) is 4.08. The van der Waals surface area contributed by atoms with Gasteiger partial charge in [-0.05, 0) is 50.1 Å². The summed E-state index contributed by atoms with van der Waals surface area (Å²) in [6.07, 6.45) is 2.16. The molecule has 1 aromatic heterocycles. The van der Waals surface area contributed by atoms with E-state index in [9.17, 15) is 4.79 Å². The van der Waals surface area contributed by atoms with E-state index in [1.807, 2.05) is 53.4 Å². The zero-order valence-electron chi connectivity index (χ0n) is 17.5. The van der Waals surface area contributed by atoms with Crippen LogP contribution in [0.3, 0.4) is 0 Å². The smallest absolute Gasteiger partial charge is 0.253 e. The van der Waals surface area contributed by atoms with E-state index in [2.05, 4.69) is 36.5 Å². The highest BCUT2D eigenvalue weighted by atomic mass is 16.2. The summed E-state index contributed by atoms with van der Waals surface area (Å²) in [5.41, 5.74) is 5.47. The second-order valence-electron chi connectivity index (χ2n) is 7.99. The molecule has 1 fully saturated rings. The van der Waals surface area contributed by atoms with Gasteiger partial charge in [0, 0.05) is 35.3 Å². The molecular weight excluding hydrogens is 384 g/mol. The van der Waals surface area contributed by atoms with E-state index in [1.54, 1.807) is 0 Å². The van der Waals surface area contributed by atoms with Crippen LogP contribution in [0.25, 0.3) is 22.2 Å². The Kier molecular flexibility index (Phi) is 5.08. The molecule has 1 saturated heterocycles. The van der Waals surface area contributed by atoms with E-state index in [0.717, 1.165) is 53.8 Å². The quantitative estimate of drug-likeness (QED) is 0.479. The van der Waals surface area contributed by atoms with Crippen molar-refractivity contribution in [3.05, 3.63) is 83.9 Å². The molecule has 5 rings (SSSR count). The van der Waals surface area contributed by atoms with Crippen LogP contribution < -0.4 is 5.32 Å². The Morgan fingerprint density at radius 1 is 0.903 bits per heavy atom. The van der Waals surface area contributed by atoms with Crippen LogP contribution in [0.5, 0.6) is 0 Å². The first-order valence-corrected chi connectivity index (χ1v) is 10.7. The molecular formula is C26H24N4O. The maximum atomic E-state index is 12.8. The monoisotopic (exact) mass is 408 g/mol. The standard InChI is InChI=1S/C26H24N4O/c1-18-12-13-23-22(16-18)24(19-8-3-2-4-9-19)29-26(28-23)27-21-11-7-10-20(17-21)25(31)30-14-5-6-15-30/h2-4,7-13,16-17H,5-6,14-15H2,1H3,(H,27,28,29). The van der Waals surface area contributed by atoms with Crippen molar-refractivity contribution in [3.8, 4) is 11.3 Å². The topological polar surface area (TPSA) is 58.1 Å². The number of fused-ring (bicyclic) bond motifs is 1. The van der Waals surface area contributed by atoms with Crippen molar-refractivity contribution >= 4 is 28.4 Å². The predicted octanol–water partition coefficient (Wildman–Crippen LogP) is 5.58. The number of nitrogens with one attached hydrogen (secondary N) is 1. The van der Waals surface area contributed by atoms with Gasteiger partial charge in [-0.15, -0.1) is 0 Å². The normalized spacial score (nSPS) is 13.5. The third kappa shape index (κ3) is 3.99. The Labute approximate surface area is 181 Å². The molecule has 0 spiro atoms. The van der Waals surface area contributed by atoms with E-state index >= 15 is 0 Å². The molecule has 5 nitrogen and oxygen atoms in total. The predicted molar refractivity (Wildman–Crippen MR) is 125 cm³/mol. The molecule has 0 radical (unpaired) electrons. The van der Waals surface area contributed by atoms with Crippen molar-refractivity contribution in [2.24, 2.45) is 0 Å². The van der Waals surface area contributed by atoms with Crippen molar-refractivity contribution in [2.45, 2.75) is 19.8 Å². The van der Waals surface area contributed by atoms with Crippen LogP contribution in [-0.4, -0.2) is 33.9 Å².